The molecule has 0 bridgehead atoms. The van der Waals surface area contributed by atoms with E-state index in [2.05, 4.69) is 5.32 Å². The van der Waals surface area contributed by atoms with Crippen LogP contribution < -0.4 is 5.32 Å². The number of hydrogen-bond donors (Lipinski definition) is 1. The van der Waals surface area contributed by atoms with Crippen LogP contribution in [0.25, 0.3) is 0 Å². The molecule has 0 fully saturated rings. The molecule has 0 aliphatic heterocycles. The van der Waals surface area contributed by atoms with Crippen LogP contribution >= 0.6 is 11.6 Å². The minimum Gasteiger partial charge on any atom is -0.382 e. The minimum absolute atomic E-state index is 0.0819. The first-order valence-electron chi connectivity index (χ1n) is 5.78. The van der Waals surface area contributed by atoms with Crippen molar-refractivity contribution in [3.63, 3.8) is 0 Å². The van der Waals surface area contributed by atoms with Gasteiger partial charge in [0.1, 0.15) is 0 Å². The lowest BCUT2D eigenvalue weighted by molar-refractivity contribution is 0.0943. The molecule has 0 spiro atoms. The van der Waals surface area contributed by atoms with Gasteiger partial charge in [0.05, 0.1) is 0 Å². The van der Waals surface area contributed by atoms with E-state index < -0.39 is 0 Å². The second-order valence-corrected chi connectivity index (χ2v) is 4.13. The second kappa shape index (κ2) is 7.30. The summed E-state index contributed by atoms with van der Waals surface area (Å²) in [5, 5.41) is 3.47. The standard InChI is InChI=1S/C13H18ClNO2/c1-3-17-9-5-8-15-13(16)11-6-4-7-12(14)10(11)2/h4,6-7H,3,5,8-9H2,1-2H3,(H,15,16). The fraction of sp³-hybridized carbons (Fsp3) is 0.462. The van der Waals surface area contributed by atoms with Gasteiger partial charge in [-0.2, -0.15) is 0 Å². The van der Waals surface area contributed by atoms with Gasteiger partial charge in [-0.05, 0) is 38.0 Å². The Morgan fingerprint density at radius 1 is 1.47 bits per heavy atom. The maximum Gasteiger partial charge on any atom is 0.251 e. The zero-order chi connectivity index (χ0) is 12.7. The predicted octanol–water partition coefficient (Wildman–Crippen LogP) is 2.80. The average Bonchev–Trinajstić information content (AvgIpc) is 2.32. The van der Waals surface area contributed by atoms with Crippen molar-refractivity contribution in [3.8, 4) is 0 Å². The first-order valence-corrected chi connectivity index (χ1v) is 6.15. The smallest absolute Gasteiger partial charge is 0.251 e. The SMILES string of the molecule is CCOCCCNC(=O)c1cccc(Cl)c1C. The number of halogens is 1. The van der Waals surface area contributed by atoms with Crippen molar-refractivity contribution in [2.75, 3.05) is 19.8 Å². The lowest BCUT2D eigenvalue weighted by atomic mass is 10.1. The quantitative estimate of drug-likeness (QED) is 0.794. The van der Waals surface area contributed by atoms with Gasteiger partial charge >= 0.3 is 0 Å². The lowest BCUT2D eigenvalue weighted by Crippen LogP contribution is -2.26. The van der Waals surface area contributed by atoms with Crippen LogP contribution in [0.15, 0.2) is 18.2 Å². The van der Waals surface area contributed by atoms with E-state index >= 15 is 0 Å². The highest BCUT2D eigenvalue weighted by molar-refractivity contribution is 6.31. The fourth-order valence-electron chi connectivity index (χ4n) is 1.47. The summed E-state index contributed by atoms with van der Waals surface area (Å²) in [6.45, 7) is 5.79. The third kappa shape index (κ3) is 4.36. The number of rotatable bonds is 6. The molecule has 0 aliphatic carbocycles. The van der Waals surface area contributed by atoms with Crippen molar-refractivity contribution in [2.45, 2.75) is 20.3 Å². The van der Waals surface area contributed by atoms with Crippen molar-refractivity contribution in [2.24, 2.45) is 0 Å². The van der Waals surface area contributed by atoms with Gasteiger partial charge in [0.25, 0.3) is 5.91 Å². The Hall–Kier alpha value is -1.06. The summed E-state index contributed by atoms with van der Waals surface area (Å²) >= 11 is 5.96. The van der Waals surface area contributed by atoms with E-state index in [1.54, 1.807) is 18.2 Å². The van der Waals surface area contributed by atoms with Crippen LogP contribution in [0.3, 0.4) is 0 Å². The number of carbonyl (C=O) groups is 1. The van der Waals surface area contributed by atoms with Crippen LogP contribution in [0.5, 0.6) is 0 Å². The normalized spacial score (nSPS) is 10.3. The molecule has 94 valence electrons. The summed E-state index contributed by atoms with van der Waals surface area (Å²) in [5.41, 5.74) is 1.45. The molecule has 0 heterocycles. The number of hydrogen-bond acceptors (Lipinski definition) is 2. The van der Waals surface area contributed by atoms with Crippen LogP contribution in [0.1, 0.15) is 29.3 Å². The number of amides is 1. The molecular weight excluding hydrogens is 238 g/mol. The first-order chi connectivity index (χ1) is 8.16. The molecule has 0 saturated heterocycles. The van der Waals surface area contributed by atoms with Crippen LogP contribution in [-0.2, 0) is 4.74 Å². The Balaban J connectivity index is 2.44. The Morgan fingerprint density at radius 2 is 2.24 bits per heavy atom. The van der Waals surface area contributed by atoms with Crippen molar-refractivity contribution in [1.82, 2.24) is 5.32 Å². The molecule has 0 aliphatic rings. The van der Waals surface area contributed by atoms with E-state index in [1.807, 2.05) is 13.8 Å². The fourth-order valence-corrected chi connectivity index (χ4v) is 1.64. The van der Waals surface area contributed by atoms with Crippen LogP contribution in [0, 0.1) is 6.92 Å². The Labute approximate surface area is 107 Å². The van der Waals surface area contributed by atoms with Crippen LogP contribution in [0.2, 0.25) is 5.02 Å². The first kappa shape index (κ1) is 14.0. The van der Waals surface area contributed by atoms with Gasteiger partial charge in [-0.25, -0.2) is 0 Å². The van der Waals surface area contributed by atoms with Crippen molar-refractivity contribution >= 4 is 17.5 Å². The van der Waals surface area contributed by atoms with Crippen LogP contribution in [-0.4, -0.2) is 25.7 Å². The van der Waals surface area contributed by atoms with E-state index in [0.29, 0.717) is 30.3 Å². The second-order valence-electron chi connectivity index (χ2n) is 3.72. The van der Waals surface area contributed by atoms with Crippen molar-refractivity contribution in [1.29, 1.82) is 0 Å². The Morgan fingerprint density at radius 3 is 2.94 bits per heavy atom. The minimum atomic E-state index is -0.0819. The summed E-state index contributed by atoms with van der Waals surface area (Å²) < 4.78 is 5.19. The van der Waals surface area contributed by atoms with E-state index in [9.17, 15) is 4.79 Å². The van der Waals surface area contributed by atoms with Gasteiger partial charge in [-0.3, -0.25) is 4.79 Å². The third-order valence-electron chi connectivity index (χ3n) is 2.47. The molecule has 1 amide bonds. The van der Waals surface area contributed by atoms with Crippen molar-refractivity contribution < 1.29 is 9.53 Å². The zero-order valence-electron chi connectivity index (χ0n) is 10.3. The summed E-state index contributed by atoms with van der Waals surface area (Å²) in [4.78, 5) is 11.8. The highest BCUT2D eigenvalue weighted by Crippen LogP contribution is 2.18. The van der Waals surface area contributed by atoms with Gasteiger partial charge in [0, 0.05) is 30.3 Å². The van der Waals surface area contributed by atoms with Gasteiger partial charge < -0.3 is 10.1 Å². The van der Waals surface area contributed by atoms with Gasteiger partial charge in [-0.15, -0.1) is 0 Å². The third-order valence-corrected chi connectivity index (χ3v) is 2.88. The van der Waals surface area contributed by atoms with E-state index in [1.165, 1.54) is 0 Å². The van der Waals surface area contributed by atoms with Gasteiger partial charge in [0.2, 0.25) is 0 Å². The maximum absolute atomic E-state index is 11.8. The predicted molar refractivity (Wildman–Crippen MR) is 69.6 cm³/mol. The lowest BCUT2D eigenvalue weighted by Gasteiger charge is -2.08. The van der Waals surface area contributed by atoms with Crippen LogP contribution in [0.4, 0.5) is 0 Å². The van der Waals surface area contributed by atoms with Gasteiger partial charge in [0.15, 0.2) is 0 Å². The van der Waals surface area contributed by atoms with Gasteiger partial charge in [-0.1, -0.05) is 17.7 Å². The Kier molecular flexibility index (Phi) is 6.01. The summed E-state index contributed by atoms with van der Waals surface area (Å²) in [6, 6.07) is 5.34. The maximum atomic E-state index is 11.8. The van der Waals surface area contributed by atoms with Crippen molar-refractivity contribution in [3.05, 3.63) is 34.3 Å². The molecule has 1 rings (SSSR count). The zero-order valence-corrected chi connectivity index (χ0v) is 11.0. The number of nitrogens with one attached hydrogen (secondary N) is 1. The summed E-state index contributed by atoms with van der Waals surface area (Å²) in [6.07, 6.45) is 0.819. The van der Waals surface area contributed by atoms with E-state index in [-0.39, 0.29) is 5.91 Å². The molecule has 3 nitrogen and oxygen atoms in total. The molecule has 0 unspecified atom stereocenters. The topological polar surface area (TPSA) is 38.3 Å². The summed E-state index contributed by atoms with van der Waals surface area (Å²) in [5.74, 6) is -0.0819. The average molecular weight is 256 g/mol. The Bertz CT molecular complexity index is 380. The monoisotopic (exact) mass is 255 g/mol. The molecule has 1 aromatic carbocycles. The summed E-state index contributed by atoms with van der Waals surface area (Å²) in [7, 11) is 0. The highest BCUT2D eigenvalue weighted by atomic mass is 35.5. The van der Waals surface area contributed by atoms with E-state index in [4.69, 9.17) is 16.3 Å². The molecule has 4 heteroatoms. The molecule has 17 heavy (non-hydrogen) atoms. The largest absolute Gasteiger partial charge is 0.382 e. The number of ether oxygens (including phenoxy) is 1. The molecule has 0 radical (unpaired) electrons. The molecule has 1 N–H and O–H groups in total. The van der Waals surface area contributed by atoms with E-state index in [0.717, 1.165) is 12.0 Å². The molecular formula is C13H18ClNO2. The molecule has 0 atom stereocenters. The number of benzene rings is 1. The highest BCUT2D eigenvalue weighted by Gasteiger charge is 2.09. The number of carbonyl (C=O) groups excluding carboxylic acids is 1. The molecule has 0 saturated carbocycles. The molecule has 1 aromatic rings. The molecule has 0 aromatic heterocycles.